The highest BCUT2D eigenvalue weighted by molar-refractivity contribution is 6.30. The fraction of sp³-hybridized carbons (Fsp3) is 0.462. The largest absolute Gasteiger partial charge is 0.355 e. The Bertz CT molecular complexity index is 392. The quantitative estimate of drug-likeness (QED) is 0.835. The molecule has 0 aliphatic carbocycles. The molecule has 0 radical (unpaired) electrons. The molecule has 1 aromatic carbocycles. The van der Waals surface area contributed by atoms with E-state index in [0.717, 1.165) is 12.0 Å². The van der Waals surface area contributed by atoms with E-state index in [9.17, 15) is 9.18 Å². The second-order valence-electron chi connectivity index (χ2n) is 4.17. The normalized spacial score (nSPS) is 12.2. The van der Waals surface area contributed by atoms with Crippen LogP contribution in [0.5, 0.6) is 0 Å². The zero-order valence-electron chi connectivity index (χ0n) is 10.6. The predicted octanol–water partition coefficient (Wildman–Crippen LogP) is 2.48. The Balaban J connectivity index is 2.46. The Morgan fingerprint density at radius 1 is 1.44 bits per heavy atom. The number of hydrogen-bond donors (Lipinski definition) is 2. The molecule has 0 aliphatic heterocycles. The average Bonchev–Trinajstić information content (AvgIpc) is 2.31. The topological polar surface area (TPSA) is 41.1 Å². The third-order valence-electron chi connectivity index (χ3n) is 2.48. The molecule has 0 fully saturated rings. The predicted molar refractivity (Wildman–Crippen MR) is 71.0 cm³/mol. The minimum Gasteiger partial charge on any atom is -0.355 e. The van der Waals surface area contributed by atoms with Crippen LogP contribution in [0.3, 0.4) is 0 Å². The Morgan fingerprint density at radius 3 is 2.78 bits per heavy atom. The first-order valence-corrected chi connectivity index (χ1v) is 6.36. The van der Waals surface area contributed by atoms with Gasteiger partial charge in [0.15, 0.2) is 0 Å². The van der Waals surface area contributed by atoms with Crippen LogP contribution in [-0.2, 0) is 11.3 Å². The molecule has 5 heteroatoms. The number of benzene rings is 1. The number of amides is 1. The minimum atomic E-state index is -0.373. The molecule has 0 saturated carbocycles. The molecule has 0 spiro atoms. The van der Waals surface area contributed by atoms with Crippen molar-refractivity contribution in [3.05, 3.63) is 34.6 Å². The van der Waals surface area contributed by atoms with E-state index in [1.165, 1.54) is 12.1 Å². The number of nitrogens with one attached hydrogen (secondary N) is 2. The van der Waals surface area contributed by atoms with Crippen LogP contribution in [0, 0.1) is 5.82 Å². The van der Waals surface area contributed by atoms with Gasteiger partial charge in [-0.05, 0) is 37.1 Å². The maximum Gasteiger partial charge on any atom is 0.236 e. The number of halogens is 2. The van der Waals surface area contributed by atoms with Crippen LogP contribution in [0.4, 0.5) is 4.39 Å². The first-order chi connectivity index (χ1) is 8.52. The van der Waals surface area contributed by atoms with Crippen LogP contribution >= 0.6 is 11.6 Å². The third-order valence-corrected chi connectivity index (χ3v) is 2.70. The second kappa shape index (κ2) is 7.34. The van der Waals surface area contributed by atoms with E-state index >= 15 is 0 Å². The number of hydrogen-bond acceptors (Lipinski definition) is 2. The average molecular weight is 273 g/mol. The Kier molecular flexibility index (Phi) is 6.09. The van der Waals surface area contributed by atoms with Crippen molar-refractivity contribution in [2.45, 2.75) is 32.9 Å². The second-order valence-corrected chi connectivity index (χ2v) is 4.61. The first kappa shape index (κ1) is 14.9. The molecule has 1 aromatic rings. The van der Waals surface area contributed by atoms with Crippen LogP contribution in [0.1, 0.15) is 25.8 Å². The van der Waals surface area contributed by atoms with Crippen LogP contribution in [0.2, 0.25) is 5.02 Å². The third kappa shape index (κ3) is 5.02. The summed E-state index contributed by atoms with van der Waals surface area (Å²) in [5, 5.41) is 6.17. The van der Waals surface area contributed by atoms with Crippen LogP contribution < -0.4 is 10.6 Å². The van der Waals surface area contributed by atoms with Crippen molar-refractivity contribution in [1.29, 1.82) is 0 Å². The zero-order chi connectivity index (χ0) is 13.5. The lowest BCUT2D eigenvalue weighted by Gasteiger charge is -2.13. The highest BCUT2D eigenvalue weighted by Gasteiger charge is 2.11. The van der Waals surface area contributed by atoms with Gasteiger partial charge in [0.1, 0.15) is 5.82 Å². The van der Waals surface area contributed by atoms with Crippen molar-refractivity contribution >= 4 is 17.5 Å². The summed E-state index contributed by atoms with van der Waals surface area (Å²) in [7, 11) is 0. The lowest BCUT2D eigenvalue weighted by atomic mass is 10.2. The van der Waals surface area contributed by atoms with Gasteiger partial charge in [-0.15, -0.1) is 0 Å². The Hall–Kier alpha value is -1.13. The molecular weight excluding hydrogens is 255 g/mol. The van der Waals surface area contributed by atoms with Crippen molar-refractivity contribution < 1.29 is 9.18 Å². The highest BCUT2D eigenvalue weighted by Crippen LogP contribution is 2.13. The van der Waals surface area contributed by atoms with Crippen molar-refractivity contribution in [3.63, 3.8) is 0 Å². The van der Waals surface area contributed by atoms with E-state index in [1.807, 2.05) is 6.92 Å². The summed E-state index contributed by atoms with van der Waals surface area (Å²) in [6, 6.07) is 4.00. The summed E-state index contributed by atoms with van der Waals surface area (Å²) in [6.45, 7) is 4.83. The van der Waals surface area contributed by atoms with Gasteiger partial charge in [0.25, 0.3) is 0 Å². The molecule has 100 valence electrons. The molecule has 3 nitrogen and oxygen atoms in total. The molecule has 0 saturated heterocycles. The minimum absolute atomic E-state index is 0.0562. The summed E-state index contributed by atoms with van der Waals surface area (Å²) >= 11 is 5.75. The molecule has 18 heavy (non-hydrogen) atoms. The SMILES string of the molecule is CCCNC(=O)C(C)NCc1cc(F)cc(Cl)c1. The van der Waals surface area contributed by atoms with Gasteiger partial charge in [0.2, 0.25) is 5.91 Å². The molecule has 0 aromatic heterocycles. The molecule has 1 amide bonds. The van der Waals surface area contributed by atoms with Gasteiger partial charge < -0.3 is 10.6 Å². The van der Waals surface area contributed by atoms with Crippen molar-refractivity contribution in [2.24, 2.45) is 0 Å². The fourth-order valence-electron chi connectivity index (χ4n) is 1.48. The molecule has 1 atom stereocenters. The molecule has 2 N–H and O–H groups in total. The van der Waals surface area contributed by atoms with Crippen LogP contribution in [0.25, 0.3) is 0 Å². The van der Waals surface area contributed by atoms with Gasteiger partial charge in [-0.3, -0.25) is 4.79 Å². The summed E-state index contributed by atoms with van der Waals surface area (Å²) in [5.74, 6) is -0.429. The smallest absolute Gasteiger partial charge is 0.236 e. The van der Waals surface area contributed by atoms with Crippen molar-refractivity contribution in [3.8, 4) is 0 Å². The van der Waals surface area contributed by atoms with E-state index in [0.29, 0.717) is 18.1 Å². The Labute approximate surface area is 112 Å². The maximum atomic E-state index is 13.1. The van der Waals surface area contributed by atoms with Crippen LogP contribution in [-0.4, -0.2) is 18.5 Å². The number of rotatable bonds is 6. The molecule has 0 aliphatic rings. The molecular formula is C13H18ClFN2O. The van der Waals surface area contributed by atoms with Gasteiger partial charge in [-0.1, -0.05) is 18.5 Å². The summed E-state index contributed by atoms with van der Waals surface area (Å²) in [6.07, 6.45) is 0.901. The van der Waals surface area contributed by atoms with Gasteiger partial charge >= 0.3 is 0 Å². The maximum absolute atomic E-state index is 13.1. The van der Waals surface area contributed by atoms with Gasteiger partial charge in [-0.25, -0.2) is 4.39 Å². The van der Waals surface area contributed by atoms with E-state index in [-0.39, 0.29) is 17.8 Å². The zero-order valence-corrected chi connectivity index (χ0v) is 11.4. The highest BCUT2D eigenvalue weighted by atomic mass is 35.5. The van der Waals surface area contributed by atoms with Gasteiger partial charge in [0, 0.05) is 18.1 Å². The van der Waals surface area contributed by atoms with E-state index in [2.05, 4.69) is 10.6 Å². The lowest BCUT2D eigenvalue weighted by Crippen LogP contribution is -2.42. The molecule has 1 unspecified atom stereocenters. The number of carbonyl (C=O) groups is 1. The fourth-order valence-corrected chi connectivity index (χ4v) is 1.72. The summed E-state index contributed by atoms with van der Waals surface area (Å²) < 4.78 is 13.1. The standard InChI is InChI=1S/C13H18ClFN2O/c1-3-4-16-13(18)9(2)17-8-10-5-11(14)7-12(15)6-10/h5-7,9,17H,3-4,8H2,1-2H3,(H,16,18). The van der Waals surface area contributed by atoms with E-state index < -0.39 is 0 Å². The summed E-state index contributed by atoms with van der Waals surface area (Å²) in [4.78, 5) is 11.6. The monoisotopic (exact) mass is 272 g/mol. The van der Waals surface area contributed by atoms with Crippen molar-refractivity contribution in [1.82, 2.24) is 10.6 Å². The van der Waals surface area contributed by atoms with Gasteiger partial charge in [0.05, 0.1) is 6.04 Å². The molecule has 0 heterocycles. The summed E-state index contributed by atoms with van der Waals surface area (Å²) in [5.41, 5.74) is 0.718. The lowest BCUT2D eigenvalue weighted by molar-refractivity contribution is -0.122. The van der Waals surface area contributed by atoms with E-state index in [4.69, 9.17) is 11.6 Å². The van der Waals surface area contributed by atoms with Crippen molar-refractivity contribution in [2.75, 3.05) is 6.54 Å². The van der Waals surface area contributed by atoms with Crippen LogP contribution in [0.15, 0.2) is 18.2 Å². The van der Waals surface area contributed by atoms with E-state index in [1.54, 1.807) is 13.0 Å². The Morgan fingerprint density at radius 2 is 2.17 bits per heavy atom. The molecule has 0 bridgehead atoms. The van der Waals surface area contributed by atoms with Gasteiger partial charge in [-0.2, -0.15) is 0 Å². The first-order valence-electron chi connectivity index (χ1n) is 5.99. The number of carbonyl (C=O) groups excluding carboxylic acids is 1. The molecule has 1 rings (SSSR count).